The van der Waals surface area contributed by atoms with Gasteiger partial charge in [0, 0.05) is 17.5 Å². The maximum absolute atomic E-state index is 5.94. The van der Waals surface area contributed by atoms with Crippen molar-refractivity contribution in [3.05, 3.63) is 59.7 Å². The van der Waals surface area contributed by atoms with Crippen LogP contribution >= 0.6 is 0 Å². The van der Waals surface area contributed by atoms with E-state index >= 15 is 0 Å². The number of ether oxygens (including phenoxy) is 3. The molecule has 1 atom stereocenters. The lowest BCUT2D eigenvalue weighted by Crippen LogP contribution is -2.07. The summed E-state index contributed by atoms with van der Waals surface area (Å²) in [6.07, 6.45) is 4.29. The third kappa shape index (κ3) is 2.87. The largest absolute Gasteiger partial charge is 0.497 e. The van der Waals surface area contributed by atoms with Crippen molar-refractivity contribution in [1.29, 1.82) is 0 Å². The first-order chi connectivity index (χ1) is 10.3. The first-order valence-electron chi connectivity index (χ1n) is 6.93. The first kappa shape index (κ1) is 13.6. The Kier molecular flexibility index (Phi) is 3.82. The molecule has 0 spiro atoms. The highest BCUT2D eigenvalue weighted by Crippen LogP contribution is 2.32. The highest BCUT2D eigenvalue weighted by atomic mass is 16.5. The van der Waals surface area contributed by atoms with Gasteiger partial charge < -0.3 is 14.2 Å². The van der Waals surface area contributed by atoms with Crippen LogP contribution in [0.15, 0.2) is 48.5 Å². The molecule has 3 nitrogen and oxygen atoms in total. The molecule has 2 aromatic carbocycles. The van der Waals surface area contributed by atoms with Gasteiger partial charge in [-0.2, -0.15) is 0 Å². The maximum Gasteiger partial charge on any atom is 0.130 e. The van der Waals surface area contributed by atoms with Crippen LogP contribution in [0.1, 0.15) is 17.0 Å². The topological polar surface area (TPSA) is 27.7 Å². The molecule has 3 rings (SSSR count). The van der Waals surface area contributed by atoms with Gasteiger partial charge in [-0.1, -0.05) is 24.3 Å². The molecule has 1 aliphatic rings. The molecule has 21 heavy (non-hydrogen) atoms. The molecule has 0 saturated carbocycles. The second-order valence-electron chi connectivity index (χ2n) is 4.95. The molecular formula is C18H18O3. The predicted molar refractivity (Wildman–Crippen MR) is 83.3 cm³/mol. The summed E-state index contributed by atoms with van der Waals surface area (Å²) in [4.78, 5) is 0. The van der Waals surface area contributed by atoms with Crippen LogP contribution in [0.25, 0.3) is 6.08 Å². The summed E-state index contributed by atoms with van der Waals surface area (Å²) in [5.74, 6) is 2.77. The summed E-state index contributed by atoms with van der Waals surface area (Å²) in [5.41, 5.74) is 2.29. The van der Waals surface area contributed by atoms with Crippen molar-refractivity contribution < 1.29 is 14.2 Å². The van der Waals surface area contributed by atoms with E-state index in [1.807, 2.05) is 30.3 Å². The summed E-state index contributed by atoms with van der Waals surface area (Å²) in [6, 6.07) is 14.0. The van der Waals surface area contributed by atoms with E-state index in [1.54, 1.807) is 14.2 Å². The standard InChI is InChI=1S/C18H18O3/c1-19-16-8-5-13(6-9-16)15-4-3-14-7-10-17(20-2)11-18(14)21-12-15/h3-11,15H,12H2,1-2H3. The van der Waals surface area contributed by atoms with Gasteiger partial charge in [0.2, 0.25) is 0 Å². The number of rotatable bonds is 3. The van der Waals surface area contributed by atoms with Crippen molar-refractivity contribution in [1.82, 2.24) is 0 Å². The fourth-order valence-electron chi connectivity index (χ4n) is 2.42. The van der Waals surface area contributed by atoms with Crippen LogP contribution < -0.4 is 14.2 Å². The SMILES string of the molecule is COc1ccc(C2C=Cc3ccc(OC)cc3OC2)cc1. The lowest BCUT2D eigenvalue weighted by molar-refractivity contribution is 0.306. The summed E-state index contributed by atoms with van der Waals surface area (Å²) in [7, 11) is 3.34. The van der Waals surface area contributed by atoms with Gasteiger partial charge in [-0.3, -0.25) is 0 Å². The summed E-state index contributed by atoms with van der Waals surface area (Å²) in [6.45, 7) is 0.614. The van der Waals surface area contributed by atoms with Crippen LogP contribution in [0.4, 0.5) is 0 Å². The molecule has 0 saturated heterocycles. The Morgan fingerprint density at radius 2 is 1.67 bits per heavy atom. The third-order valence-corrected chi connectivity index (χ3v) is 3.69. The van der Waals surface area contributed by atoms with Gasteiger partial charge >= 0.3 is 0 Å². The number of fused-ring (bicyclic) bond motifs is 1. The molecule has 1 unspecified atom stereocenters. The maximum atomic E-state index is 5.94. The summed E-state index contributed by atoms with van der Waals surface area (Å²) >= 11 is 0. The normalized spacial score (nSPS) is 16.6. The second-order valence-corrected chi connectivity index (χ2v) is 4.95. The van der Waals surface area contributed by atoms with E-state index in [0.717, 1.165) is 22.8 Å². The van der Waals surface area contributed by atoms with E-state index in [0.29, 0.717) is 6.61 Å². The van der Waals surface area contributed by atoms with Gasteiger partial charge in [-0.05, 0) is 29.8 Å². The van der Waals surface area contributed by atoms with Crippen LogP contribution in [0, 0.1) is 0 Å². The Labute approximate surface area is 124 Å². The van der Waals surface area contributed by atoms with E-state index in [9.17, 15) is 0 Å². The van der Waals surface area contributed by atoms with Gasteiger partial charge in [0.15, 0.2) is 0 Å². The fraction of sp³-hybridized carbons (Fsp3) is 0.222. The Hall–Kier alpha value is -2.42. The van der Waals surface area contributed by atoms with E-state index < -0.39 is 0 Å². The molecule has 0 aromatic heterocycles. The third-order valence-electron chi connectivity index (χ3n) is 3.69. The molecule has 0 fully saturated rings. The number of benzene rings is 2. The molecule has 0 radical (unpaired) electrons. The van der Waals surface area contributed by atoms with Crippen LogP contribution in [0.2, 0.25) is 0 Å². The van der Waals surface area contributed by atoms with Crippen LogP contribution in [0.3, 0.4) is 0 Å². The van der Waals surface area contributed by atoms with Crippen molar-refractivity contribution in [3.63, 3.8) is 0 Å². The molecule has 0 aliphatic carbocycles. The molecule has 0 bridgehead atoms. The highest BCUT2D eigenvalue weighted by Gasteiger charge is 2.15. The average Bonchev–Trinajstić information content (AvgIpc) is 2.76. The van der Waals surface area contributed by atoms with E-state index in [4.69, 9.17) is 14.2 Å². The number of methoxy groups -OCH3 is 2. The Morgan fingerprint density at radius 3 is 2.38 bits per heavy atom. The summed E-state index contributed by atoms with van der Waals surface area (Å²) < 4.78 is 16.4. The van der Waals surface area contributed by atoms with Crippen molar-refractivity contribution in [2.45, 2.75) is 5.92 Å². The van der Waals surface area contributed by atoms with Gasteiger partial charge in [0.25, 0.3) is 0 Å². The predicted octanol–water partition coefficient (Wildman–Crippen LogP) is 3.89. The monoisotopic (exact) mass is 282 g/mol. The molecule has 1 heterocycles. The fourth-order valence-corrected chi connectivity index (χ4v) is 2.42. The quantitative estimate of drug-likeness (QED) is 0.854. The molecule has 108 valence electrons. The molecule has 1 aliphatic heterocycles. The molecule has 0 N–H and O–H groups in total. The zero-order chi connectivity index (χ0) is 14.7. The molecule has 3 heteroatoms. The van der Waals surface area contributed by atoms with E-state index in [1.165, 1.54) is 5.56 Å². The first-order valence-corrected chi connectivity index (χ1v) is 6.93. The highest BCUT2D eigenvalue weighted by molar-refractivity contribution is 5.61. The van der Waals surface area contributed by atoms with E-state index in [2.05, 4.69) is 24.3 Å². The zero-order valence-electron chi connectivity index (χ0n) is 12.2. The average molecular weight is 282 g/mol. The van der Waals surface area contributed by atoms with Crippen molar-refractivity contribution in [2.75, 3.05) is 20.8 Å². The van der Waals surface area contributed by atoms with Crippen molar-refractivity contribution in [2.24, 2.45) is 0 Å². The molecule has 0 amide bonds. The lowest BCUT2D eigenvalue weighted by Gasteiger charge is -2.14. The van der Waals surface area contributed by atoms with Crippen LogP contribution in [0.5, 0.6) is 17.2 Å². The van der Waals surface area contributed by atoms with Crippen molar-refractivity contribution in [3.8, 4) is 17.2 Å². The number of hydrogen-bond donors (Lipinski definition) is 0. The van der Waals surface area contributed by atoms with Gasteiger partial charge in [-0.15, -0.1) is 0 Å². The summed E-state index contributed by atoms with van der Waals surface area (Å²) in [5, 5.41) is 0. The Balaban J connectivity index is 1.83. The number of hydrogen-bond acceptors (Lipinski definition) is 3. The Morgan fingerprint density at radius 1 is 0.952 bits per heavy atom. The van der Waals surface area contributed by atoms with E-state index in [-0.39, 0.29) is 5.92 Å². The Bertz CT molecular complexity index is 644. The zero-order valence-corrected chi connectivity index (χ0v) is 12.2. The lowest BCUT2D eigenvalue weighted by atomic mass is 9.99. The minimum Gasteiger partial charge on any atom is -0.497 e. The van der Waals surface area contributed by atoms with Crippen LogP contribution in [-0.4, -0.2) is 20.8 Å². The minimum absolute atomic E-state index is 0.231. The van der Waals surface area contributed by atoms with Gasteiger partial charge in [0.05, 0.1) is 20.8 Å². The second kappa shape index (κ2) is 5.92. The smallest absolute Gasteiger partial charge is 0.130 e. The van der Waals surface area contributed by atoms with Crippen molar-refractivity contribution >= 4 is 6.08 Å². The van der Waals surface area contributed by atoms with Gasteiger partial charge in [0.1, 0.15) is 17.2 Å². The molecule has 2 aromatic rings. The molecular weight excluding hydrogens is 264 g/mol. The van der Waals surface area contributed by atoms with Gasteiger partial charge in [-0.25, -0.2) is 0 Å². The minimum atomic E-state index is 0.231. The van der Waals surface area contributed by atoms with Crippen LogP contribution in [-0.2, 0) is 0 Å².